The van der Waals surface area contributed by atoms with E-state index in [1.807, 2.05) is 43.9 Å². The fraction of sp³-hybridized carbons (Fsp3) is 0.375. The zero-order valence-electron chi connectivity index (χ0n) is 18.9. The number of rotatable bonds is 6. The molecule has 2 aromatic carbocycles. The first-order valence-corrected chi connectivity index (χ1v) is 11.1. The molecule has 1 aromatic heterocycles. The summed E-state index contributed by atoms with van der Waals surface area (Å²) in [5.74, 6) is 0.868. The van der Waals surface area contributed by atoms with Crippen molar-refractivity contribution in [3.8, 4) is 11.5 Å². The quantitative estimate of drug-likeness (QED) is 0.419. The normalized spacial score (nSPS) is 14.5. The molecular formula is C24H27N5O4. The van der Waals surface area contributed by atoms with Crippen molar-refractivity contribution in [2.45, 2.75) is 39.5 Å². The van der Waals surface area contributed by atoms with Crippen LogP contribution in [0.25, 0.3) is 11.5 Å². The molecule has 1 aliphatic heterocycles. The van der Waals surface area contributed by atoms with Crippen LogP contribution < -0.4 is 10.2 Å². The van der Waals surface area contributed by atoms with Gasteiger partial charge in [-0.25, -0.2) is 0 Å². The van der Waals surface area contributed by atoms with Gasteiger partial charge in [0.25, 0.3) is 11.6 Å². The number of hydrogen-bond donors (Lipinski definition) is 1. The van der Waals surface area contributed by atoms with Crippen LogP contribution in [0, 0.1) is 23.0 Å². The summed E-state index contributed by atoms with van der Waals surface area (Å²) in [5, 5.41) is 18.5. The van der Waals surface area contributed by atoms with Gasteiger partial charge in [-0.05, 0) is 37.5 Å². The zero-order valence-corrected chi connectivity index (χ0v) is 18.9. The number of aryl methyl sites for hydroxylation is 1. The smallest absolute Gasteiger partial charge is 0.292 e. The lowest BCUT2D eigenvalue weighted by atomic mass is 9.94. The average Bonchev–Trinajstić information content (AvgIpc) is 3.31. The van der Waals surface area contributed by atoms with Crippen LogP contribution in [0.3, 0.4) is 0 Å². The van der Waals surface area contributed by atoms with E-state index in [-0.39, 0.29) is 28.4 Å². The lowest BCUT2D eigenvalue weighted by Crippen LogP contribution is -2.38. The number of para-hydroxylation sites is 3. The van der Waals surface area contributed by atoms with Crippen LogP contribution in [0.1, 0.15) is 44.0 Å². The molecule has 33 heavy (non-hydrogen) atoms. The minimum Gasteiger partial charge on any atom is -0.366 e. The Balaban J connectivity index is 1.47. The number of carbonyl (C=O) groups excluding carboxylic acids is 1. The van der Waals surface area contributed by atoms with E-state index in [9.17, 15) is 14.9 Å². The molecule has 2 heterocycles. The predicted molar refractivity (Wildman–Crippen MR) is 125 cm³/mol. The first kappa shape index (κ1) is 22.4. The standard InChI is InChI=1S/C24H27N5O4/c1-15(2)22-26-24(33-27-22)18-8-6-7-16(3)21(18)25-23(30)17-11-13-28(14-12-17)19-9-4-5-10-20(19)29(31)32/h4-10,15,17H,11-14H2,1-3H3,(H,25,30). The second kappa shape index (κ2) is 9.40. The highest BCUT2D eigenvalue weighted by Crippen LogP contribution is 2.34. The van der Waals surface area contributed by atoms with Gasteiger partial charge in [0.1, 0.15) is 5.69 Å². The molecule has 0 radical (unpaired) electrons. The van der Waals surface area contributed by atoms with E-state index in [1.54, 1.807) is 18.2 Å². The van der Waals surface area contributed by atoms with Crippen molar-refractivity contribution in [1.82, 2.24) is 10.1 Å². The summed E-state index contributed by atoms with van der Waals surface area (Å²) in [6.45, 7) is 7.06. The summed E-state index contributed by atoms with van der Waals surface area (Å²) in [7, 11) is 0. The highest BCUT2D eigenvalue weighted by atomic mass is 16.6. The van der Waals surface area contributed by atoms with E-state index in [0.717, 1.165) is 5.56 Å². The number of nitro groups is 1. The molecule has 172 valence electrons. The minimum absolute atomic E-state index is 0.0728. The van der Waals surface area contributed by atoms with Crippen molar-refractivity contribution in [2.75, 3.05) is 23.3 Å². The number of nitrogens with zero attached hydrogens (tertiary/aromatic N) is 4. The largest absolute Gasteiger partial charge is 0.366 e. The number of carbonyl (C=O) groups is 1. The van der Waals surface area contributed by atoms with Gasteiger partial charge in [0, 0.05) is 31.0 Å². The van der Waals surface area contributed by atoms with Crippen molar-refractivity contribution in [2.24, 2.45) is 5.92 Å². The molecular weight excluding hydrogens is 422 g/mol. The second-order valence-electron chi connectivity index (χ2n) is 8.61. The maximum atomic E-state index is 13.1. The Bertz CT molecular complexity index is 1170. The molecule has 1 saturated heterocycles. The highest BCUT2D eigenvalue weighted by molar-refractivity contribution is 5.97. The highest BCUT2D eigenvalue weighted by Gasteiger charge is 2.29. The number of benzene rings is 2. The number of anilines is 2. The van der Waals surface area contributed by atoms with Gasteiger partial charge in [0.05, 0.1) is 16.2 Å². The summed E-state index contributed by atoms with van der Waals surface area (Å²) in [5.41, 5.74) is 2.95. The number of amides is 1. The summed E-state index contributed by atoms with van der Waals surface area (Å²) < 4.78 is 5.45. The van der Waals surface area contributed by atoms with Crippen LogP contribution in [-0.2, 0) is 4.79 Å². The predicted octanol–water partition coefficient (Wildman–Crippen LogP) is 4.93. The molecule has 0 bridgehead atoms. The Kier molecular flexibility index (Phi) is 6.39. The second-order valence-corrected chi connectivity index (χ2v) is 8.61. The Morgan fingerprint density at radius 2 is 1.91 bits per heavy atom. The number of nitro benzene ring substituents is 1. The molecule has 0 atom stereocenters. The fourth-order valence-corrected chi connectivity index (χ4v) is 4.08. The number of aromatic nitrogens is 2. The molecule has 1 fully saturated rings. The van der Waals surface area contributed by atoms with Crippen molar-refractivity contribution in [1.29, 1.82) is 0 Å². The van der Waals surface area contributed by atoms with Gasteiger partial charge in [-0.1, -0.05) is 43.3 Å². The average molecular weight is 450 g/mol. The Labute approximate surface area is 191 Å². The molecule has 3 aromatic rings. The summed E-state index contributed by atoms with van der Waals surface area (Å²) in [6.07, 6.45) is 1.22. The summed E-state index contributed by atoms with van der Waals surface area (Å²) in [4.78, 5) is 30.6. The van der Waals surface area contributed by atoms with Gasteiger partial charge in [0.2, 0.25) is 5.91 Å². The number of nitrogens with one attached hydrogen (secondary N) is 1. The Hall–Kier alpha value is -3.75. The topological polar surface area (TPSA) is 114 Å². The molecule has 0 unspecified atom stereocenters. The maximum Gasteiger partial charge on any atom is 0.292 e. The summed E-state index contributed by atoms with van der Waals surface area (Å²) >= 11 is 0. The van der Waals surface area contributed by atoms with Crippen LogP contribution in [0.4, 0.5) is 17.1 Å². The first-order chi connectivity index (χ1) is 15.8. The summed E-state index contributed by atoms with van der Waals surface area (Å²) in [6, 6.07) is 12.4. The molecule has 1 amide bonds. The van der Waals surface area contributed by atoms with Gasteiger partial charge in [-0.3, -0.25) is 14.9 Å². The van der Waals surface area contributed by atoms with Gasteiger partial charge in [0.15, 0.2) is 5.82 Å². The van der Waals surface area contributed by atoms with E-state index in [1.165, 1.54) is 6.07 Å². The Morgan fingerprint density at radius 1 is 1.18 bits per heavy atom. The maximum absolute atomic E-state index is 13.1. The van der Waals surface area contributed by atoms with Gasteiger partial charge < -0.3 is 14.7 Å². The van der Waals surface area contributed by atoms with Crippen LogP contribution >= 0.6 is 0 Å². The van der Waals surface area contributed by atoms with E-state index in [2.05, 4.69) is 15.5 Å². The van der Waals surface area contributed by atoms with Crippen LogP contribution in [0.2, 0.25) is 0 Å². The number of piperidine rings is 1. The molecule has 4 rings (SSSR count). The number of hydrogen-bond acceptors (Lipinski definition) is 7. The monoisotopic (exact) mass is 449 g/mol. The van der Waals surface area contributed by atoms with E-state index in [4.69, 9.17) is 4.52 Å². The molecule has 0 aliphatic carbocycles. The molecule has 9 heteroatoms. The third-order valence-corrected chi connectivity index (χ3v) is 5.99. The molecule has 9 nitrogen and oxygen atoms in total. The molecule has 0 spiro atoms. The van der Waals surface area contributed by atoms with Gasteiger partial charge in [-0.2, -0.15) is 4.98 Å². The Morgan fingerprint density at radius 3 is 2.58 bits per heavy atom. The van der Waals surface area contributed by atoms with Crippen molar-refractivity contribution in [3.05, 3.63) is 64.0 Å². The third-order valence-electron chi connectivity index (χ3n) is 5.99. The van der Waals surface area contributed by atoms with E-state index >= 15 is 0 Å². The lowest BCUT2D eigenvalue weighted by molar-refractivity contribution is -0.384. The fourth-order valence-electron chi connectivity index (χ4n) is 4.08. The molecule has 0 saturated carbocycles. The molecule has 1 aliphatic rings. The van der Waals surface area contributed by atoms with Crippen LogP contribution in [0.5, 0.6) is 0 Å². The van der Waals surface area contributed by atoms with E-state index in [0.29, 0.717) is 54.6 Å². The minimum atomic E-state index is -0.365. The first-order valence-electron chi connectivity index (χ1n) is 11.1. The van der Waals surface area contributed by atoms with Crippen molar-refractivity contribution >= 4 is 23.0 Å². The van der Waals surface area contributed by atoms with Gasteiger partial charge in [-0.15, -0.1) is 0 Å². The molecule has 1 N–H and O–H groups in total. The third kappa shape index (κ3) is 4.72. The lowest BCUT2D eigenvalue weighted by Gasteiger charge is -2.32. The van der Waals surface area contributed by atoms with E-state index < -0.39 is 0 Å². The van der Waals surface area contributed by atoms with Gasteiger partial charge >= 0.3 is 0 Å². The zero-order chi connectivity index (χ0) is 23.5. The van der Waals surface area contributed by atoms with Crippen LogP contribution in [0.15, 0.2) is 47.0 Å². The van der Waals surface area contributed by atoms with Crippen molar-refractivity contribution in [3.63, 3.8) is 0 Å². The van der Waals surface area contributed by atoms with Crippen LogP contribution in [-0.4, -0.2) is 34.1 Å². The van der Waals surface area contributed by atoms with Crippen molar-refractivity contribution < 1.29 is 14.2 Å². The SMILES string of the molecule is Cc1cccc(-c2nc(C(C)C)no2)c1NC(=O)C1CCN(c2ccccc2[N+](=O)[O-])CC1.